The van der Waals surface area contributed by atoms with Crippen molar-refractivity contribution in [3.05, 3.63) is 11.6 Å². The molecule has 8 atom stereocenters. The van der Waals surface area contributed by atoms with Gasteiger partial charge in [-0.1, -0.05) is 13.8 Å². The molecule has 0 saturated heterocycles. The van der Waals surface area contributed by atoms with E-state index in [4.69, 9.17) is 4.74 Å². The van der Waals surface area contributed by atoms with Crippen LogP contribution in [0.3, 0.4) is 0 Å². The maximum Gasteiger partial charge on any atom is 0.331 e. The van der Waals surface area contributed by atoms with Crippen LogP contribution in [-0.4, -0.2) is 45.2 Å². The van der Waals surface area contributed by atoms with Crippen LogP contribution in [0.25, 0.3) is 0 Å². The van der Waals surface area contributed by atoms with Gasteiger partial charge < -0.3 is 20.1 Å². The third kappa shape index (κ3) is 2.16. The summed E-state index contributed by atoms with van der Waals surface area (Å²) < 4.78 is 5.16. The molecule has 28 heavy (non-hydrogen) atoms. The van der Waals surface area contributed by atoms with E-state index in [9.17, 15) is 20.1 Å². The van der Waals surface area contributed by atoms with Crippen LogP contribution in [0.4, 0.5) is 0 Å². The summed E-state index contributed by atoms with van der Waals surface area (Å²) in [5.74, 6) is 0.302. The van der Waals surface area contributed by atoms with Crippen molar-refractivity contribution < 1.29 is 24.9 Å². The first kappa shape index (κ1) is 19.1. The number of fused-ring (bicyclic) bond motifs is 5. The van der Waals surface area contributed by atoms with E-state index >= 15 is 0 Å². The molecule has 0 aromatic rings. The predicted octanol–water partition coefficient (Wildman–Crippen LogP) is 2.72. The third-order valence-corrected chi connectivity index (χ3v) is 10.1. The Labute approximate surface area is 167 Å². The first-order valence-corrected chi connectivity index (χ1v) is 11.1. The van der Waals surface area contributed by atoms with Gasteiger partial charge in [0, 0.05) is 11.5 Å². The van der Waals surface area contributed by atoms with Crippen molar-refractivity contribution in [2.24, 2.45) is 28.6 Å². The molecule has 4 aliphatic carbocycles. The van der Waals surface area contributed by atoms with Crippen LogP contribution < -0.4 is 0 Å². The van der Waals surface area contributed by atoms with Gasteiger partial charge in [-0.25, -0.2) is 4.79 Å². The minimum atomic E-state index is -1.13. The highest BCUT2D eigenvalue weighted by molar-refractivity contribution is 5.85. The summed E-state index contributed by atoms with van der Waals surface area (Å²) in [5, 5.41) is 34.4. The van der Waals surface area contributed by atoms with Gasteiger partial charge in [0.25, 0.3) is 0 Å². The Balaban J connectivity index is 1.52. The second-order valence-electron chi connectivity index (χ2n) is 10.9. The van der Waals surface area contributed by atoms with Gasteiger partial charge in [-0.15, -0.1) is 0 Å². The first-order chi connectivity index (χ1) is 13.1. The summed E-state index contributed by atoms with van der Waals surface area (Å²) in [6.45, 7) is 4.75. The first-order valence-electron chi connectivity index (χ1n) is 11.1. The topological polar surface area (TPSA) is 87.0 Å². The zero-order chi connectivity index (χ0) is 19.9. The number of aliphatic hydroxyl groups excluding tert-OH is 1. The normalized spacial score (nSPS) is 55.8. The largest absolute Gasteiger partial charge is 0.458 e. The standard InChI is InChI=1S/C23H34O5/c1-20-7-4-16(24)12-15(20)3-9-22(26)18(20)6-8-21(2)17(5-10-23(21,22)27)14-11-19(25)28-13-14/h11,15-18,24,26-27H,3-10,12-13H2,1-2H3/t15-,16+,17-,18-,20+,21-,22+,23-/m1/s1. The summed E-state index contributed by atoms with van der Waals surface area (Å²) in [4.78, 5) is 11.6. The Morgan fingerprint density at radius 2 is 1.82 bits per heavy atom. The Bertz CT molecular complexity index is 733. The fraction of sp³-hybridized carbons (Fsp3) is 0.870. The van der Waals surface area contributed by atoms with Crippen LogP contribution in [-0.2, 0) is 9.53 Å². The molecular formula is C23H34O5. The number of carbonyl (C=O) groups excluding carboxylic acids is 1. The summed E-state index contributed by atoms with van der Waals surface area (Å²) in [5.41, 5.74) is -1.69. The van der Waals surface area contributed by atoms with E-state index in [1.807, 2.05) is 0 Å². The van der Waals surface area contributed by atoms with E-state index in [2.05, 4.69) is 13.8 Å². The highest BCUT2D eigenvalue weighted by Gasteiger charge is 2.74. The zero-order valence-corrected chi connectivity index (χ0v) is 17.1. The quantitative estimate of drug-likeness (QED) is 0.599. The molecule has 0 spiro atoms. The molecule has 1 aliphatic heterocycles. The average Bonchev–Trinajstić information content (AvgIpc) is 3.18. The second-order valence-corrected chi connectivity index (χ2v) is 10.9. The van der Waals surface area contributed by atoms with Crippen molar-refractivity contribution in [1.29, 1.82) is 0 Å². The van der Waals surface area contributed by atoms with Gasteiger partial charge in [0.1, 0.15) is 6.61 Å². The van der Waals surface area contributed by atoms with Crippen molar-refractivity contribution in [2.45, 2.75) is 88.9 Å². The molecule has 1 heterocycles. The Morgan fingerprint density at radius 1 is 1.04 bits per heavy atom. The van der Waals surface area contributed by atoms with Crippen molar-refractivity contribution >= 4 is 5.97 Å². The lowest BCUT2D eigenvalue weighted by atomic mass is 9.41. The Hall–Kier alpha value is -0.910. The fourth-order valence-electron chi connectivity index (χ4n) is 8.45. The maximum atomic E-state index is 12.1. The van der Waals surface area contributed by atoms with E-state index in [1.165, 1.54) is 0 Å². The van der Waals surface area contributed by atoms with Gasteiger partial charge >= 0.3 is 5.97 Å². The van der Waals surface area contributed by atoms with Crippen LogP contribution in [0.15, 0.2) is 11.6 Å². The molecule has 0 bridgehead atoms. The molecular weight excluding hydrogens is 356 g/mol. The van der Waals surface area contributed by atoms with E-state index in [0.29, 0.717) is 25.4 Å². The van der Waals surface area contributed by atoms with E-state index < -0.39 is 16.6 Å². The third-order valence-electron chi connectivity index (χ3n) is 10.1. The molecule has 3 N–H and O–H groups in total. The number of aliphatic hydroxyl groups is 3. The summed E-state index contributed by atoms with van der Waals surface area (Å²) in [6, 6.07) is 0. The second kappa shape index (κ2) is 5.83. The monoisotopic (exact) mass is 390 g/mol. The van der Waals surface area contributed by atoms with E-state index in [-0.39, 0.29) is 29.3 Å². The molecule has 0 aromatic heterocycles. The average molecular weight is 391 g/mol. The van der Waals surface area contributed by atoms with Crippen LogP contribution in [0.1, 0.15) is 71.6 Å². The molecule has 156 valence electrons. The van der Waals surface area contributed by atoms with Gasteiger partial charge in [0.05, 0.1) is 17.3 Å². The van der Waals surface area contributed by atoms with Crippen LogP contribution in [0.5, 0.6) is 0 Å². The molecule has 0 radical (unpaired) electrons. The van der Waals surface area contributed by atoms with E-state index in [1.54, 1.807) is 6.08 Å². The summed E-state index contributed by atoms with van der Waals surface area (Å²) in [6.07, 6.45) is 8.55. The SMILES string of the molecule is C[C@]12CC[C@H](O)C[C@H]1CC[C@]1(O)[C@@H]2CC[C@]2(C)[C@@H](C3=CC(=O)OC3)CC[C@@]21O. The van der Waals surface area contributed by atoms with Crippen LogP contribution in [0, 0.1) is 28.6 Å². The smallest absolute Gasteiger partial charge is 0.331 e. The highest BCUT2D eigenvalue weighted by Crippen LogP contribution is 2.71. The van der Waals surface area contributed by atoms with Gasteiger partial charge in [0.15, 0.2) is 0 Å². The molecule has 0 amide bonds. The lowest BCUT2D eigenvalue weighted by Gasteiger charge is -2.67. The van der Waals surface area contributed by atoms with Gasteiger partial charge in [-0.2, -0.15) is 0 Å². The molecule has 5 heteroatoms. The number of hydrogen-bond donors (Lipinski definition) is 3. The molecule has 0 unspecified atom stereocenters. The molecule has 4 fully saturated rings. The lowest BCUT2D eigenvalue weighted by Crippen LogP contribution is -2.73. The highest BCUT2D eigenvalue weighted by atomic mass is 16.5. The Morgan fingerprint density at radius 3 is 2.54 bits per heavy atom. The lowest BCUT2D eigenvalue weighted by molar-refractivity contribution is -0.296. The minimum Gasteiger partial charge on any atom is -0.458 e. The van der Waals surface area contributed by atoms with Crippen molar-refractivity contribution in [3.8, 4) is 0 Å². The van der Waals surface area contributed by atoms with Gasteiger partial charge in [0.2, 0.25) is 0 Å². The van der Waals surface area contributed by atoms with Crippen molar-refractivity contribution in [3.63, 3.8) is 0 Å². The van der Waals surface area contributed by atoms with Crippen LogP contribution >= 0.6 is 0 Å². The number of ether oxygens (including phenoxy) is 1. The number of rotatable bonds is 1. The predicted molar refractivity (Wildman–Crippen MR) is 103 cm³/mol. The maximum absolute atomic E-state index is 12.1. The molecule has 5 aliphatic rings. The van der Waals surface area contributed by atoms with E-state index in [0.717, 1.165) is 50.5 Å². The van der Waals surface area contributed by atoms with Crippen molar-refractivity contribution in [2.75, 3.05) is 6.61 Å². The molecule has 0 aromatic carbocycles. The number of esters is 1. The zero-order valence-electron chi connectivity index (χ0n) is 17.1. The minimum absolute atomic E-state index is 0.0208. The fourth-order valence-corrected chi connectivity index (χ4v) is 8.45. The van der Waals surface area contributed by atoms with Gasteiger partial charge in [-0.3, -0.25) is 0 Å². The molecule has 5 nitrogen and oxygen atoms in total. The summed E-state index contributed by atoms with van der Waals surface area (Å²) in [7, 11) is 0. The van der Waals surface area contributed by atoms with Crippen molar-refractivity contribution in [1.82, 2.24) is 0 Å². The number of hydrogen-bond acceptors (Lipinski definition) is 5. The number of cyclic esters (lactones) is 1. The van der Waals surface area contributed by atoms with Gasteiger partial charge in [-0.05, 0) is 86.5 Å². The number of carbonyl (C=O) groups is 1. The van der Waals surface area contributed by atoms with Crippen LogP contribution in [0.2, 0.25) is 0 Å². The Kier molecular flexibility index (Phi) is 3.97. The summed E-state index contributed by atoms with van der Waals surface area (Å²) >= 11 is 0. The molecule has 4 saturated carbocycles. The molecule has 5 rings (SSSR count).